The van der Waals surface area contributed by atoms with Crippen molar-refractivity contribution in [2.24, 2.45) is 5.92 Å². The van der Waals surface area contributed by atoms with Gasteiger partial charge < -0.3 is 14.8 Å². The Kier molecular flexibility index (Phi) is 5.39. The van der Waals surface area contributed by atoms with Crippen LogP contribution in [0.1, 0.15) is 23.3 Å². The molecule has 0 radical (unpaired) electrons. The molecule has 32 heavy (non-hydrogen) atoms. The number of benzene rings is 2. The molecule has 2 amide bonds. The third kappa shape index (κ3) is 3.37. The van der Waals surface area contributed by atoms with Crippen molar-refractivity contribution in [3.05, 3.63) is 67.0 Å². The van der Waals surface area contributed by atoms with Crippen molar-refractivity contribution in [1.82, 2.24) is 4.98 Å². The summed E-state index contributed by atoms with van der Waals surface area (Å²) < 4.78 is 6.38. The van der Waals surface area contributed by atoms with Gasteiger partial charge >= 0.3 is 4.87 Å². The number of H-pyrrole nitrogens is 1. The van der Waals surface area contributed by atoms with Crippen LogP contribution in [0.2, 0.25) is 0 Å². The number of rotatable bonds is 4. The van der Waals surface area contributed by atoms with Gasteiger partial charge in [0, 0.05) is 15.3 Å². The molecular formula is C22H17BrN2O5S2. The van der Waals surface area contributed by atoms with E-state index >= 15 is 0 Å². The number of ether oxygens (including phenoxy) is 1. The molecule has 1 saturated heterocycles. The van der Waals surface area contributed by atoms with E-state index < -0.39 is 17.1 Å². The number of fused-ring (bicyclic) bond motifs is 2. The number of aromatic amines is 1. The van der Waals surface area contributed by atoms with E-state index in [1.54, 1.807) is 36.4 Å². The zero-order valence-electron chi connectivity index (χ0n) is 16.7. The highest BCUT2D eigenvalue weighted by Crippen LogP contribution is 2.53. The van der Waals surface area contributed by atoms with Crippen LogP contribution in [-0.2, 0) is 9.59 Å². The number of anilines is 1. The van der Waals surface area contributed by atoms with Gasteiger partial charge in [0.15, 0.2) is 11.5 Å². The molecule has 2 aliphatic heterocycles. The summed E-state index contributed by atoms with van der Waals surface area (Å²) >= 11 is 5.65. The Balaban J connectivity index is 1.64. The molecule has 10 heteroatoms. The molecule has 5 rings (SSSR count). The Labute approximate surface area is 199 Å². The number of imide groups is 1. The number of thioether (sulfide) groups is 1. The second kappa shape index (κ2) is 8.09. The van der Waals surface area contributed by atoms with Gasteiger partial charge in [-0.3, -0.25) is 14.4 Å². The molecule has 2 unspecified atom stereocenters. The number of carbonyl (C=O) groups is 2. The van der Waals surface area contributed by atoms with Gasteiger partial charge in [0.1, 0.15) is 5.25 Å². The third-order valence-electron chi connectivity index (χ3n) is 5.55. The van der Waals surface area contributed by atoms with Crippen LogP contribution in [0.4, 0.5) is 5.69 Å². The fraction of sp³-hybridized carbons (Fsp3) is 0.227. The largest absolute Gasteiger partial charge is 0.504 e. The minimum Gasteiger partial charge on any atom is -0.504 e. The van der Waals surface area contributed by atoms with Crippen LogP contribution >= 0.6 is 39.0 Å². The highest BCUT2D eigenvalue weighted by atomic mass is 79.9. The molecule has 1 fully saturated rings. The molecule has 3 atom stereocenters. The molecule has 0 saturated carbocycles. The van der Waals surface area contributed by atoms with E-state index in [2.05, 4.69) is 20.9 Å². The molecule has 3 aromatic rings. The summed E-state index contributed by atoms with van der Waals surface area (Å²) in [6, 6.07) is 11.9. The zero-order chi connectivity index (χ0) is 22.6. The number of aromatic hydroxyl groups is 1. The van der Waals surface area contributed by atoms with Crippen LogP contribution in [0.3, 0.4) is 0 Å². The van der Waals surface area contributed by atoms with Crippen molar-refractivity contribution >= 4 is 56.5 Å². The molecule has 0 spiro atoms. The van der Waals surface area contributed by atoms with E-state index in [1.807, 2.05) is 6.92 Å². The van der Waals surface area contributed by atoms with E-state index in [1.165, 1.54) is 22.7 Å². The van der Waals surface area contributed by atoms with Gasteiger partial charge in [-0.05, 0) is 48.9 Å². The zero-order valence-corrected chi connectivity index (χ0v) is 19.9. The van der Waals surface area contributed by atoms with E-state index in [0.717, 1.165) is 15.8 Å². The SMILES string of the molecule is CCOc1cc([C@H]2c3sc(=O)[nH]c3SC3C(=O)N(c4ccc(Br)cc4)C(=O)C32)ccc1O. The van der Waals surface area contributed by atoms with Crippen LogP contribution in [0.25, 0.3) is 0 Å². The highest BCUT2D eigenvalue weighted by molar-refractivity contribution is 9.10. The van der Waals surface area contributed by atoms with Crippen LogP contribution in [-0.4, -0.2) is 33.8 Å². The van der Waals surface area contributed by atoms with Crippen molar-refractivity contribution in [3.8, 4) is 11.5 Å². The lowest BCUT2D eigenvalue weighted by atomic mass is 9.83. The number of halogens is 1. The number of aromatic nitrogens is 1. The molecule has 2 N–H and O–H groups in total. The lowest BCUT2D eigenvalue weighted by Gasteiger charge is -2.30. The molecule has 0 bridgehead atoms. The highest BCUT2D eigenvalue weighted by Gasteiger charge is 2.56. The summed E-state index contributed by atoms with van der Waals surface area (Å²) in [7, 11) is 0. The van der Waals surface area contributed by atoms with Gasteiger partial charge in [-0.15, -0.1) is 0 Å². The fourth-order valence-electron chi connectivity index (χ4n) is 4.22. The average molecular weight is 533 g/mol. The second-order valence-corrected chi connectivity index (χ2v) is 10.5. The lowest BCUT2D eigenvalue weighted by Crippen LogP contribution is -2.32. The number of hydrogen-bond donors (Lipinski definition) is 2. The van der Waals surface area contributed by atoms with E-state index in [4.69, 9.17) is 4.74 Å². The number of phenolic OH excluding ortho intramolecular Hbond substituents is 1. The van der Waals surface area contributed by atoms with Gasteiger partial charge in [0.25, 0.3) is 0 Å². The van der Waals surface area contributed by atoms with Crippen LogP contribution < -0.4 is 14.5 Å². The van der Waals surface area contributed by atoms with Crippen molar-refractivity contribution in [2.45, 2.75) is 23.1 Å². The molecule has 2 aromatic carbocycles. The fourth-order valence-corrected chi connectivity index (χ4v) is 7.00. The first kappa shape index (κ1) is 21.3. The summed E-state index contributed by atoms with van der Waals surface area (Å²) in [6.45, 7) is 2.17. The van der Waals surface area contributed by atoms with E-state index in [0.29, 0.717) is 33.5 Å². The lowest BCUT2D eigenvalue weighted by molar-refractivity contribution is -0.122. The third-order valence-corrected chi connectivity index (χ3v) is 8.48. The van der Waals surface area contributed by atoms with Crippen LogP contribution in [0.15, 0.2) is 56.8 Å². The van der Waals surface area contributed by atoms with Gasteiger partial charge in [-0.2, -0.15) is 0 Å². The smallest absolute Gasteiger partial charge is 0.305 e. The van der Waals surface area contributed by atoms with Gasteiger partial charge in [0.05, 0.1) is 23.2 Å². The van der Waals surface area contributed by atoms with Crippen molar-refractivity contribution < 1.29 is 19.4 Å². The Bertz CT molecular complexity index is 1290. The Morgan fingerprint density at radius 3 is 2.59 bits per heavy atom. The molecule has 0 aliphatic carbocycles. The topological polar surface area (TPSA) is 99.7 Å². The van der Waals surface area contributed by atoms with Crippen molar-refractivity contribution in [2.75, 3.05) is 11.5 Å². The molecular weight excluding hydrogens is 516 g/mol. The maximum Gasteiger partial charge on any atom is 0.305 e. The quantitative estimate of drug-likeness (QED) is 0.490. The summed E-state index contributed by atoms with van der Waals surface area (Å²) in [6.07, 6.45) is 0. The molecule has 3 heterocycles. The van der Waals surface area contributed by atoms with E-state index in [9.17, 15) is 19.5 Å². The number of phenols is 1. The molecule has 2 aliphatic rings. The normalized spacial score (nSPS) is 22.1. The molecule has 164 valence electrons. The predicted molar refractivity (Wildman–Crippen MR) is 126 cm³/mol. The maximum absolute atomic E-state index is 13.6. The number of nitrogens with one attached hydrogen (secondary N) is 1. The van der Waals surface area contributed by atoms with Crippen LogP contribution in [0, 0.1) is 5.92 Å². The van der Waals surface area contributed by atoms with Gasteiger partial charge in [-0.1, -0.05) is 45.1 Å². The minimum atomic E-state index is -0.686. The Morgan fingerprint density at radius 1 is 1.12 bits per heavy atom. The Hall–Kier alpha value is -2.56. The monoisotopic (exact) mass is 532 g/mol. The summed E-state index contributed by atoms with van der Waals surface area (Å²) in [5, 5.41) is 10.1. The average Bonchev–Trinajstić information content (AvgIpc) is 3.25. The number of carbonyl (C=O) groups excluding carboxylic acids is 2. The first-order valence-electron chi connectivity index (χ1n) is 9.87. The minimum absolute atomic E-state index is 0.00914. The van der Waals surface area contributed by atoms with Gasteiger partial charge in [0.2, 0.25) is 11.8 Å². The number of nitrogens with zero attached hydrogens (tertiary/aromatic N) is 1. The second-order valence-electron chi connectivity index (χ2n) is 7.40. The standard InChI is InChI=1S/C22H17BrN2O5S2/c1-2-30-14-9-10(3-8-13(14)26)15-16-18(31-19-17(15)32-22(29)24-19)21(28)25(20(16)27)12-6-4-11(23)5-7-12/h3-9,15-16,18,26H,2H2,1H3,(H,24,29)/t15-,16?,18?/m1/s1. The summed E-state index contributed by atoms with van der Waals surface area (Å²) in [5.41, 5.74) is 1.21. The van der Waals surface area contributed by atoms with Crippen molar-refractivity contribution in [1.29, 1.82) is 0 Å². The molecule has 1 aromatic heterocycles. The summed E-state index contributed by atoms with van der Waals surface area (Å²) in [4.78, 5) is 43.7. The number of thiazole rings is 1. The van der Waals surface area contributed by atoms with Gasteiger partial charge in [-0.25, -0.2) is 4.90 Å². The molecule has 7 nitrogen and oxygen atoms in total. The first-order chi connectivity index (χ1) is 15.4. The first-order valence-corrected chi connectivity index (χ1v) is 12.4. The predicted octanol–water partition coefficient (Wildman–Crippen LogP) is 4.10. The number of amides is 2. The Morgan fingerprint density at radius 2 is 1.88 bits per heavy atom. The maximum atomic E-state index is 13.6. The van der Waals surface area contributed by atoms with Crippen LogP contribution in [0.5, 0.6) is 11.5 Å². The van der Waals surface area contributed by atoms with E-state index in [-0.39, 0.29) is 22.4 Å². The number of hydrogen-bond acceptors (Lipinski definition) is 7. The summed E-state index contributed by atoms with van der Waals surface area (Å²) in [5.74, 6) is -1.53. The van der Waals surface area contributed by atoms with Crippen molar-refractivity contribution in [3.63, 3.8) is 0 Å².